The Kier molecular flexibility index (Phi) is 3.75. The molecule has 0 fully saturated rings. The molecule has 0 spiro atoms. The lowest BCUT2D eigenvalue weighted by atomic mass is 10.1. The third-order valence-electron chi connectivity index (χ3n) is 2.68. The smallest absolute Gasteiger partial charge is 0.257 e. The SMILES string of the molecule is CN(Cc1cccnc1)C(=O)c1ccc(F)cc1O. The highest BCUT2D eigenvalue weighted by atomic mass is 19.1. The number of carbonyl (C=O) groups excluding carboxylic acids is 1. The minimum atomic E-state index is -0.580. The number of amides is 1. The summed E-state index contributed by atoms with van der Waals surface area (Å²) in [4.78, 5) is 17.5. The Morgan fingerprint density at radius 3 is 2.84 bits per heavy atom. The molecule has 19 heavy (non-hydrogen) atoms. The maximum atomic E-state index is 12.9. The molecule has 4 nitrogen and oxygen atoms in total. The molecule has 1 aromatic carbocycles. The summed E-state index contributed by atoms with van der Waals surface area (Å²) in [5.74, 6) is -1.31. The van der Waals surface area contributed by atoms with Crippen LogP contribution in [-0.4, -0.2) is 27.9 Å². The van der Waals surface area contributed by atoms with Gasteiger partial charge in [-0.1, -0.05) is 6.07 Å². The van der Waals surface area contributed by atoms with E-state index in [-0.39, 0.29) is 17.2 Å². The van der Waals surface area contributed by atoms with E-state index >= 15 is 0 Å². The van der Waals surface area contributed by atoms with Crippen molar-refractivity contribution in [3.05, 3.63) is 59.7 Å². The van der Waals surface area contributed by atoms with Crippen LogP contribution in [0.1, 0.15) is 15.9 Å². The molecule has 5 heteroatoms. The van der Waals surface area contributed by atoms with Gasteiger partial charge in [-0.3, -0.25) is 9.78 Å². The molecule has 0 radical (unpaired) electrons. The zero-order chi connectivity index (χ0) is 13.8. The van der Waals surface area contributed by atoms with E-state index in [4.69, 9.17) is 0 Å². The van der Waals surface area contributed by atoms with E-state index < -0.39 is 5.82 Å². The fourth-order valence-electron chi connectivity index (χ4n) is 1.73. The Balaban J connectivity index is 2.15. The third-order valence-corrected chi connectivity index (χ3v) is 2.68. The highest BCUT2D eigenvalue weighted by Gasteiger charge is 2.16. The Morgan fingerprint density at radius 2 is 2.21 bits per heavy atom. The Labute approximate surface area is 110 Å². The van der Waals surface area contributed by atoms with Crippen molar-refractivity contribution in [2.75, 3.05) is 7.05 Å². The molecular formula is C14H13FN2O2. The average Bonchev–Trinajstić information content (AvgIpc) is 2.39. The standard InChI is InChI=1S/C14H13FN2O2/c1-17(9-10-3-2-6-16-8-10)14(19)12-5-4-11(15)7-13(12)18/h2-8,18H,9H2,1H3. The maximum absolute atomic E-state index is 12.9. The molecule has 2 rings (SSSR count). The lowest BCUT2D eigenvalue weighted by molar-refractivity contribution is 0.0782. The number of nitrogens with zero attached hydrogens (tertiary/aromatic N) is 2. The monoisotopic (exact) mass is 260 g/mol. The van der Waals surface area contributed by atoms with E-state index in [1.165, 1.54) is 11.0 Å². The molecule has 0 aliphatic heterocycles. The molecule has 0 aliphatic carbocycles. The van der Waals surface area contributed by atoms with Crippen molar-refractivity contribution in [2.45, 2.75) is 6.54 Å². The molecular weight excluding hydrogens is 247 g/mol. The number of aromatic hydroxyl groups is 1. The van der Waals surface area contributed by atoms with Crippen LogP contribution in [0.3, 0.4) is 0 Å². The number of halogens is 1. The van der Waals surface area contributed by atoms with Crippen LogP contribution in [0.4, 0.5) is 4.39 Å². The summed E-state index contributed by atoms with van der Waals surface area (Å²) in [6.07, 6.45) is 3.31. The van der Waals surface area contributed by atoms with Crippen LogP contribution in [0.2, 0.25) is 0 Å². The number of benzene rings is 1. The lowest BCUT2D eigenvalue weighted by Crippen LogP contribution is -2.26. The van der Waals surface area contributed by atoms with Crippen LogP contribution in [-0.2, 0) is 6.54 Å². The van der Waals surface area contributed by atoms with Crippen molar-refractivity contribution in [1.82, 2.24) is 9.88 Å². The Morgan fingerprint density at radius 1 is 1.42 bits per heavy atom. The summed E-state index contributed by atoms with van der Waals surface area (Å²) in [7, 11) is 1.61. The van der Waals surface area contributed by atoms with E-state index in [1.54, 1.807) is 25.5 Å². The minimum absolute atomic E-state index is 0.0767. The van der Waals surface area contributed by atoms with E-state index in [0.29, 0.717) is 6.54 Å². The predicted molar refractivity (Wildman–Crippen MR) is 68.1 cm³/mol. The summed E-state index contributed by atoms with van der Waals surface area (Å²) in [6.45, 7) is 0.365. The fraction of sp³-hybridized carbons (Fsp3) is 0.143. The van der Waals surface area contributed by atoms with Gasteiger partial charge in [-0.2, -0.15) is 0 Å². The van der Waals surface area contributed by atoms with Gasteiger partial charge in [0.2, 0.25) is 0 Å². The second-order valence-corrected chi connectivity index (χ2v) is 4.18. The van der Waals surface area contributed by atoms with Gasteiger partial charge >= 0.3 is 0 Å². The third kappa shape index (κ3) is 3.07. The van der Waals surface area contributed by atoms with Crippen molar-refractivity contribution in [3.63, 3.8) is 0 Å². The first-order valence-corrected chi connectivity index (χ1v) is 5.71. The second kappa shape index (κ2) is 5.48. The van der Waals surface area contributed by atoms with Crippen LogP contribution >= 0.6 is 0 Å². The average molecular weight is 260 g/mol. The normalized spacial score (nSPS) is 10.2. The van der Waals surface area contributed by atoms with Gasteiger partial charge in [-0.25, -0.2) is 4.39 Å². The molecule has 1 heterocycles. The van der Waals surface area contributed by atoms with Crippen molar-refractivity contribution >= 4 is 5.91 Å². The molecule has 2 aromatic rings. The quantitative estimate of drug-likeness (QED) is 0.920. The van der Waals surface area contributed by atoms with E-state index in [1.807, 2.05) is 6.07 Å². The van der Waals surface area contributed by atoms with Gasteiger partial charge in [0.1, 0.15) is 11.6 Å². The Hall–Kier alpha value is -2.43. The molecule has 1 amide bonds. The molecule has 0 saturated carbocycles. The molecule has 0 bridgehead atoms. The van der Waals surface area contributed by atoms with Crippen molar-refractivity contribution in [1.29, 1.82) is 0 Å². The lowest BCUT2D eigenvalue weighted by Gasteiger charge is -2.17. The zero-order valence-electron chi connectivity index (χ0n) is 10.4. The van der Waals surface area contributed by atoms with Crippen molar-refractivity contribution in [2.24, 2.45) is 0 Å². The molecule has 1 aromatic heterocycles. The van der Waals surface area contributed by atoms with Crippen LogP contribution < -0.4 is 0 Å². The van der Waals surface area contributed by atoms with Gasteiger partial charge in [0.15, 0.2) is 0 Å². The van der Waals surface area contributed by atoms with Crippen LogP contribution in [0.25, 0.3) is 0 Å². The van der Waals surface area contributed by atoms with E-state index in [2.05, 4.69) is 4.98 Å². The first-order valence-electron chi connectivity index (χ1n) is 5.71. The Bertz CT molecular complexity index is 587. The summed E-state index contributed by atoms with van der Waals surface area (Å²) in [5.41, 5.74) is 0.952. The summed E-state index contributed by atoms with van der Waals surface area (Å²) in [5, 5.41) is 9.58. The van der Waals surface area contributed by atoms with Crippen LogP contribution in [0.15, 0.2) is 42.7 Å². The van der Waals surface area contributed by atoms with Gasteiger partial charge in [0, 0.05) is 32.1 Å². The van der Waals surface area contributed by atoms with Gasteiger partial charge in [0.05, 0.1) is 5.56 Å². The maximum Gasteiger partial charge on any atom is 0.257 e. The first-order chi connectivity index (χ1) is 9.08. The highest BCUT2D eigenvalue weighted by molar-refractivity contribution is 5.96. The number of phenolic OH excluding ortho intramolecular Hbond substituents is 1. The number of carbonyl (C=O) groups is 1. The second-order valence-electron chi connectivity index (χ2n) is 4.18. The van der Waals surface area contributed by atoms with Gasteiger partial charge in [-0.05, 0) is 23.8 Å². The van der Waals surface area contributed by atoms with E-state index in [0.717, 1.165) is 17.7 Å². The largest absolute Gasteiger partial charge is 0.507 e. The summed E-state index contributed by atoms with van der Waals surface area (Å²) >= 11 is 0. The number of aromatic nitrogens is 1. The van der Waals surface area contributed by atoms with Gasteiger partial charge < -0.3 is 10.0 Å². The summed E-state index contributed by atoms with van der Waals surface area (Å²) < 4.78 is 12.9. The molecule has 0 unspecified atom stereocenters. The molecule has 0 saturated heterocycles. The number of rotatable bonds is 3. The number of phenols is 1. The number of hydrogen-bond acceptors (Lipinski definition) is 3. The van der Waals surface area contributed by atoms with Gasteiger partial charge in [0.25, 0.3) is 5.91 Å². The predicted octanol–water partition coefficient (Wildman–Crippen LogP) is 2.20. The summed E-state index contributed by atoms with van der Waals surface area (Å²) in [6, 6.07) is 6.97. The topological polar surface area (TPSA) is 53.4 Å². The van der Waals surface area contributed by atoms with Crippen LogP contribution in [0.5, 0.6) is 5.75 Å². The van der Waals surface area contributed by atoms with Crippen LogP contribution in [0, 0.1) is 5.82 Å². The van der Waals surface area contributed by atoms with Gasteiger partial charge in [-0.15, -0.1) is 0 Å². The number of hydrogen-bond donors (Lipinski definition) is 1. The molecule has 0 atom stereocenters. The first kappa shape index (κ1) is 13.0. The molecule has 1 N–H and O–H groups in total. The minimum Gasteiger partial charge on any atom is -0.507 e. The number of pyridine rings is 1. The van der Waals surface area contributed by atoms with Crippen molar-refractivity contribution < 1.29 is 14.3 Å². The fourth-order valence-corrected chi connectivity index (χ4v) is 1.73. The molecule has 0 aliphatic rings. The van der Waals surface area contributed by atoms with Crippen molar-refractivity contribution in [3.8, 4) is 5.75 Å². The molecule has 98 valence electrons. The highest BCUT2D eigenvalue weighted by Crippen LogP contribution is 2.20. The van der Waals surface area contributed by atoms with E-state index in [9.17, 15) is 14.3 Å². The zero-order valence-corrected chi connectivity index (χ0v) is 10.4.